The number of carbonyl (C=O) groups is 2. The molecule has 1 aliphatic rings. The Labute approximate surface area is 195 Å². The number of nitrogens with one attached hydrogen (secondary N) is 1. The topological polar surface area (TPSA) is 72.7 Å². The number of alkyl halides is 3. The summed E-state index contributed by atoms with van der Waals surface area (Å²) >= 11 is 0. The molecule has 6 nitrogen and oxygen atoms in total. The van der Waals surface area contributed by atoms with Crippen LogP contribution in [-0.4, -0.2) is 35.1 Å². The molecule has 0 atom stereocenters. The van der Waals surface area contributed by atoms with E-state index in [2.05, 4.69) is 10.4 Å². The number of hydrogen-bond donors (Lipinski definition) is 1. The van der Waals surface area contributed by atoms with Gasteiger partial charge in [0.25, 0.3) is 5.91 Å². The Morgan fingerprint density at radius 1 is 1.12 bits per heavy atom. The maximum absolute atomic E-state index is 13.0. The van der Waals surface area contributed by atoms with Gasteiger partial charge in [-0.05, 0) is 67.3 Å². The summed E-state index contributed by atoms with van der Waals surface area (Å²) in [6.07, 6.45) is 2.41. The summed E-state index contributed by atoms with van der Waals surface area (Å²) in [5.74, 6) is -0.193. The van der Waals surface area contributed by atoms with Crippen LogP contribution < -0.4 is 5.32 Å². The molecule has 1 amide bonds. The number of amides is 1. The van der Waals surface area contributed by atoms with Crippen molar-refractivity contribution in [2.24, 2.45) is 11.8 Å². The first-order valence-corrected chi connectivity index (χ1v) is 11.2. The minimum absolute atomic E-state index is 0.0654. The zero-order valence-electron chi connectivity index (χ0n) is 18.8. The third kappa shape index (κ3) is 5.24. The van der Waals surface area contributed by atoms with Crippen LogP contribution in [0.2, 0.25) is 0 Å². The molecule has 0 unspecified atom stereocenters. The number of esters is 1. The van der Waals surface area contributed by atoms with E-state index < -0.39 is 11.7 Å². The Morgan fingerprint density at radius 2 is 1.82 bits per heavy atom. The number of ether oxygens (including phenoxy) is 1. The van der Waals surface area contributed by atoms with Crippen molar-refractivity contribution < 1.29 is 27.5 Å². The third-order valence-electron chi connectivity index (χ3n) is 6.48. The molecule has 0 saturated heterocycles. The van der Waals surface area contributed by atoms with E-state index in [1.165, 1.54) is 25.4 Å². The average molecular weight is 473 g/mol. The molecule has 3 aromatic rings. The summed E-state index contributed by atoms with van der Waals surface area (Å²) in [7, 11) is 1.40. The van der Waals surface area contributed by atoms with E-state index in [0.717, 1.165) is 43.4 Å². The van der Waals surface area contributed by atoms with Gasteiger partial charge in [0.15, 0.2) is 0 Å². The largest absolute Gasteiger partial charge is 0.469 e. The van der Waals surface area contributed by atoms with Crippen molar-refractivity contribution in [2.45, 2.75) is 38.3 Å². The van der Waals surface area contributed by atoms with Gasteiger partial charge in [-0.2, -0.15) is 18.3 Å². The highest BCUT2D eigenvalue weighted by Crippen LogP contribution is 2.30. The number of rotatable bonds is 6. The molecule has 0 bridgehead atoms. The number of pyridine rings is 1. The van der Waals surface area contributed by atoms with Gasteiger partial charge in [0.05, 0.1) is 35.9 Å². The summed E-state index contributed by atoms with van der Waals surface area (Å²) < 4.78 is 45.0. The molecule has 2 aromatic heterocycles. The molecule has 1 aliphatic carbocycles. The highest BCUT2D eigenvalue weighted by Gasteiger charge is 2.30. The maximum atomic E-state index is 13.0. The van der Waals surface area contributed by atoms with Gasteiger partial charge in [0.1, 0.15) is 0 Å². The summed E-state index contributed by atoms with van der Waals surface area (Å²) in [5, 5.41) is 7.26. The van der Waals surface area contributed by atoms with E-state index >= 15 is 0 Å². The normalized spacial score (nSPS) is 18.6. The van der Waals surface area contributed by atoms with E-state index in [1.807, 2.05) is 6.07 Å². The first kappa shape index (κ1) is 23.8. The second kappa shape index (κ2) is 9.87. The Balaban J connectivity index is 1.44. The Kier molecular flexibility index (Phi) is 6.90. The fourth-order valence-electron chi connectivity index (χ4n) is 4.56. The van der Waals surface area contributed by atoms with Crippen LogP contribution >= 0.6 is 0 Å². The lowest BCUT2D eigenvalue weighted by Crippen LogP contribution is -2.32. The molecule has 1 N–H and O–H groups in total. The van der Waals surface area contributed by atoms with Crippen LogP contribution in [0.1, 0.15) is 52.7 Å². The predicted molar refractivity (Wildman–Crippen MR) is 119 cm³/mol. The molecule has 9 heteroatoms. The average Bonchev–Trinajstić information content (AvgIpc) is 3.27. The summed E-state index contributed by atoms with van der Waals surface area (Å²) in [6, 6.07) is 8.67. The fourth-order valence-corrected chi connectivity index (χ4v) is 4.56. The van der Waals surface area contributed by atoms with E-state index in [9.17, 15) is 22.8 Å². The van der Waals surface area contributed by atoms with Crippen molar-refractivity contribution in [3.8, 4) is 0 Å². The zero-order valence-corrected chi connectivity index (χ0v) is 18.8. The summed E-state index contributed by atoms with van der Waals surface area (Å²) in [5.41, 5.74) is 1.86. The highest BCUT2D eigenvalue weighted by molar-refractivity contribution is 6.01. The van der Waals surface area contributed by atoms with Crippen LogP contribution in [0.5, 0.6) is 0 Å². The standard InChI is InChI=1S/C25H26F3N3O3/c1-34-24(33)18-8-4-17(5-9-18)14-29-23(32)21-15-30-31-12-2-3-19(22(21)31)13-16-6-10-20(11-7-16)25(26,27)28/h2-3,6-7,10-12,15,17-18H,4-5,8-9,13-14H2,1H3,(H,29,32). The van der Waals surface area contributed by atoms with E-state index in [4.69, 9.17) is 4.74 Å². The SMILES string of the molecule is COC(=O)C1CCC(CNC(=O)c2cnn3cccc(Cc4ccc(C(F)(F)F)cc4)c23)CC1. The van der Waals surface area contributed by atoms with E-state index in [0.29, 0.717) is 35.5 Å². The highest BCUT2D eigenvalue weighted by atomic mass is 19.4. The molecule has 2 heterocycles. The fraction of sp³-hybridized carbons (Fsp3) is 0.400. The van der Waals surface area contributed by atoms with Gasteiger partial charge in [-0.3, -0.25) is 9.59 Å². The second-order valence-electron chi connectivity index (χ2n) is 8.71. The van der Waals surface area contributed by atoms with Crippen molar-refractivity contribution in [3.05, 3.63) is 71.0 Å². The van der Waals surface area contributed by atoms with Gasteiger partial charge in [0, 0.05) is 12.7 Å². The molecule has 4 rings (SSSR count). The van der Waals surface area contributed by atoms with Crippen LogP contribution in [-0.2, 0) is 22.1 Å². The zero-order chi connectivity index (χ0) is 24.3. The molecule has 0 spiro atoms. The number of carbonyl (C=O) groups excluding carboxylic acids is 2. The lowest BCUT2D eigenvalue weighted by atomic mass is 9.82. The van der Waals surface area contributed by atoms with Crippen LogP contribution in [0.25, 0.3) is 5.52 Å². The van der Waals surface area contributed by atoms with Gasteiger partial charge < -0.3 is 10.1 Å². The van der Waals surface area contributed by atoms with Crippen molar-refractivity contribution >= 4 is 17.4 Å². The summed E-state index contributed by atoms with van der Waals surface area (Å²) in [4.78, 5) is 24.7. The first-order chi connectivity index (χ1) is 16.3. The van der Waals surface area contributed by atoms with Crippen molar-refractivity contribution in [1.82, 2.24) is 14.9 Å². The first-order valence-electron chi connectivity index (χ1n) is 11.2. The number of hydrogen-bond acceptors (Lipinski definition) is 4. The number of halogens is 3. The van der Waals surface area contributed by atoms with Crippen LogP contribution in [0, 0.1) is 11.8 Å². The lowest BCUT2D eigenvalue weighted by molar-refractivity contribution is -0.146. The van der Waals surface area contributed by atoms with Gasteiger partial charge in [-0.15, -0.1) is 0 Å². The van der Waals surface area contributed by atoms with Gasteiger partial charge in [-0.25, -0.2) is 4.52 Å². The number of fused-ring (bicyclic) bond motifs is 1. The number of nitrogens with zero attached hydrogens (tertiary/aromatic N) is 2. The number of methoxy groups -OCH3 is 1. The monoisotopic (exact) mass is 473 g/mol. The molecule has 34 heavy (non-hydrogen) atoms. The number of benzene rings is 1. The second-order valence-corrected chi connectivity index (χ2v) is 8.71. The smallest absolute Gasteiger partial charge is 0.416 e. The minimum atomic E-state index is -4.38. The molecule has 1 saturated carbocycles. The molecule has 180 valence electrons. The van der Waals surface area contributed by atoms with Crippen LogP contribution in [0.15, 0.2) is 48.8 Å². The minimum Gasteiger partial charge on any atom is -0.469 e. The Morgan fingerprint density at radius 3 is 2.47 bits per heavy atom. The molecular weight excluding hydrogens is 447 g/mol. The van der Waals surface area contributed by atoms with E-state index in [-0.39, 0.29) is 17.8 Å². The number of aromatic nitrogens is 2. The van der Waals surface area contributed by atoms with Gasteiger partial charge in [0.2, 0.25) is 0 Å². The molecule has 0 aliphatic heterocycles. The van der Waals surface area contributed by atoms with Gasteiger partial charge in [-0.1, -0.05) is 18.2 Å². The van der Waals surface area contributed by atoms with E-state index in [1.54, 1.807) is 16.8 Å². The summed E-state index contributed by atoms with van der Waals surface area (Å²) in [6.45, 7) is 0.505. The Bertz CT molecular complexity index is 1160. The van der Waals surface area contributed by atoms with Crippen molar-refractivity contribution in [1.29, 1.82) is 0 Å². The quantitative estimate of drug-likeness (QED) is 0.529. The van der Waals surface area contributed by atoms with Crippen molar-refractivity contribution in [3.63, 3.8) is 0 Å². The Hall–Kier alpha value is -3.36. The van der Waals surface area contributed by atoms with Crippen molar-refractivity contribution in [2.75, 3.05) is 13.7 Å². The lowest BCUT2D eigenvalue weighted by Gasteiger charge is -2.26. The maximum Gasteiger partial charge on any atom is 0.416 e. The predicted octanol–water partition coefficient (Wildman–Crippen LogP) is 4.65. The third-order valence-corrected chi connectivity index (χ3v) is 6.48. The van der Waals surface area contributed by atoms with Gasteiger partial charge >= 0.3 is 12.1 Å². The van der Waals surface area contributed by atoms with Crippen LogP contribution in [0.3, 0.4) is 0 Å². The molecule has 1 aromatic carbocycles. The van der Waals surface area contributed by atoms with Crippen LogP contribution in [0.4, 0.5) is 13.2 Å². The molecule has 1 fully saturated rings. The molecular formula is C25H26F3N3O3. The molecule has 0 radical (unpaired) electrons.